The lowest BCUT2D eigenvalue weighted by atomic mass is 10.1. The van der Waals surface area contributed by atoms with Gasteiger partial charge in [0.25, 0.3) is 5.91 Å². The Balaban J connectivity index is 1.85. The predicted molar refractivity (Wildman–Crippen MR) is 70.6 cm³/mol. The Kier molecular flexibility index (Phi) is 4.29. The molecule has 1 N–H and O–H groups in total. The summed E-state index contributed by atoms with van der Waals surface area (Å²) in [6.45, 7) is 0. The number of nitrogens with one attached hydrogen (secondary N) is 1. The van der Waals surface area contributed by atoms with Crippen LogP contribution in [0.15, 0.2) is 36.4 Å². The van der Waals surface area contributed by atoms with Crippen LogP contribution in [0.25, 0.3) is 6.08 Å². The lowest BCUT2D eigenvalue weighted by molar-refractivity contribution is -0.130. The highest BCUT2D eigenvalue weighted by atomic mass is 16.2. The molecule has 1 aliphatic carbocycles. The van der Waals surface area contributed by atoms with E-state index >= 15 is 0 Å². The fraction of sp³-hybridized carbons (Fsp3) is 0.333. The molecule has 0 unspecified atom stereocenters. The molecular weight excluding hydrogens is 226 g/mol. The quantitative estimate of drug-likeness (QED) is 0.829. The molecule has 1 aliphatic rings. The van der Waals surface area contributed by atoms with Crippen molar-refractivity contribution in [3.05, 3.63) is 42.0 Å². The molecule has 3 heteroatoms. The Morgan fingerprint density at radius 3 is 2.44 bits per heavy atom. The number of hydrogen-bond donors (Lipinski definition) is 1. The van der Waals surface area contributed by atoms with Gasteiger partial charge < -0.3 is 0 Å². The third-order valence-electron chi connectivity index (χ3n) is 3.20. The second kappa shape index (κ2) is 6.15. The minimum atomic E-state index is -0.337. The first-order chi connectivity index (χ1) is 8.75. The van der Waals surface area contributed by atoms with Crippen LogP contribution in [0.2, 0.25) is 0 Å². The second-order valence-electron chi connectivity index (χ2n) is 4.58. The molecule has 0 atom stereocenters. The van der Waals surface area contributed by atoms with Crippen LogP contribution in [0.1, 0.15) is 31.2 Å². The van der Waals surface area contributed by atoms with Crippen molar-refractivity contribution in [2.45, 2.75) is 25.7 Å². The van der Waals surface area contributed by atoms with Crippen LogP contribution in [-0.4, -0.2) is 11.8 Å². The van der Waals surface area contributed by atoms with Crippen LogP contribution in [0.4, 0.5) is 0 Å². The van der Waals surface area contributed by atoms with E-state index < -0.39 is 0 Å². The normalized spacial score (nSPS) is 16.0. The minimum absolute atomic E-state index is 0.0269. The van der Waals surface area contributed by atoms with Crippen LogP contribution in [0.5, 0.6) is 0 Å². The maximum Gasteiger partial charge on any atom is 0.250 e. The fourth-order valence-electron chi connectivity index (χ4n) is 2.19. The molecule has 0 aliphatic heterocycles. The third-order valence-corrected chi connectivity index (χ3v) is 3.20. The smallest absolute Gasteiger partial charge is 0.250 e. The summed E-state index contributed by atoms with van der Waals surface area (Å²) in [7, 11) is 0. The molecule has 94 valence electrons. The molecule has 1 aromatic rings. The van der Waals surface area contributed by atoms with Gasteiger partial charge >= 0.3 is 0 Å². The van der Waals surface area contributed by atoms with E-state index in [9.17, 15) is 9.59 Å². The zero-order valence-electron chi connectivity index (χ0n) is 10.3. The van der Waals surface area contributed by atoms with Gasteiger partial charge in [0.2, 0.25) is 5.91 Å². The first-order valence-electron chi connectivity index (χ1n) is 6.33. The van der Waals surface area contributed by atoms with E-state index in [-0.39, 0.29) is 17.7 Å². The van der Waals surface area contributed by atoms with Gasteiger partial charge in [-0.2, -0.15) is 0 Å². The van der Waals surface area contributed by atoms with Crippen molar-refractivity contribution >= 4 is 17.9 Å². The molecule has 0 spiro atoms. The van der Waals surface area contributed by atoms with Gasteiger partial charge in [-0.25, -0.2) is 0 Å². The van der Waals surface area contributed by atoms with Gasteiger partial charge in [-0.15, -0.1) is 0 Å². The summed E-state index contributed by atoms with van der Waals surface area (Å²) >= 11 is 0. The second-order valence-corrected chi connectivity index (χ2v) is 4.58. The topological polar surface area (TPSA) is 46.2 Å². The lowest BCUT2D eigenvalue weighted by Crippen LogP contribution is -2.33. The summed E-state index contributed by atoms with van der Waals surface area (Å²) in [5.74, 6) is -0.440. The summed E-state index contributed by atoms with van der Waals surface area (Å²) in [6, 6.07) is 9.54. The standard InChI is InChI=1S/C15H17NO2/c17-14(11-10-12-6-2-1-3-7-12)16-15(18)13-8-4-5-9-13/h1-3,6-7,10-11,13H,4-5,8-9H2,(H,16,17,18)/b11-10+. The highest BCUT2D eigenvalue weighted by molar-refractivity contribution is 6.03. The number of carbonyl (C=O) groups excluding carboxylic acids is 2. The molecule has 3 nitrogen and oxygen atoms in total. The Morgan fingerprint density at radius 2 is 1.78 bits per heavy atom. The van der Waals surface area contributed by atoms with Crippen LogP contribution in [0.3, 0.4) is 0 Å². The predicted octanol–water partition coefficient (Wildman–Crippen LogP) is 2.53. The minimum Gasteiger partial charge on any atom is -0.293 e. The maximum atomic E-state index is 11.7. The molecule has 1 fully saturated rings. The number of hydrogen-bond acceptors (Lipinski definition) is 2. The van der Waals surface area contributed by atoms with Gasteiger partial charge in [-0.05, 0) is 24.5 Å². The summed E-state index contributed by atoms with van der Waals surface area (Å²) in [4.78, 5) is 23.3. The number of amides is 2. The Morgan fingerprint density at radius 1 is 1.11 bits per heavy atom. The summed E-state index contributed by atoms with van der Waals surface area (Å²) in [5, 5.41) is 2.43. The zero-order valence-corrected chi connectivity index (χ0v) is 10.3. The van der Waals surface area contributed by atoms with E-state index in [0.717, 1.165) is 31.2 Å². The molecule has 2 rings (SSSR count). The van der Waals surface area contributed by atoms with Gasteiger partial charge in [-0.1, -0.05) is 43.2 Å². The number of carbonyl (C=O) groups is 2. The molecule has 0 aromatic heterocycles. The van der Waals surface area contributed by atoms with Crippen molar-refractivity contribution in [2.24, 2.45) is 5.92 Å². The van der Waals surface area contributed by atoms with E-state index in [0.29, 0.717) is 0 Å². The van der Waals surface area contributed by atoms with Crippen LogP contribution >= 0.6 is 0 Å². The molecule has 2 amide bonds. The Hall–Kier alpha value is -1.90. The van der Waals surface area contributed by atoms with E-state index in [1.807, 2.05) is 30.3 Å². The highest BCUT2D eigenvalue weighted by Gasteiger charge is 2.23. The van der Waals surface area contributed by atoms with Crippen molar-refractivity contribution in [3.63, 3.8) is 0 Å². The average Bonchev–Trinajstić information content (AvgIpc) is 2.91. The molecular formula is C15H17NO2. The van der Waals surface area contributed by atoms with E-state index in [4.69, 9.17) is 0 Å². The average molecular weight is 243 g/mol. The van der Waals surface area contributed by atoms with E-state index in [1.54, 1.807) is 6.08 Å². The molecule has 0 heterocycles. The molecule has 0 saturated heterocycles. The molecule has 0 radical (unpaired) electrons. The summed E-state index contributed by atoms with van der Waals surface area (Å²) in [5.41, 5.74) is 0.945. The fourth-order valence-corrected chi connectivity index (χ4v) is 2.19. The van der Waals surface area contributed by atoms with Gasteiger partial charge in [0, 0.05) is 12.0 Å². The number of benzene rings is 1. The van der Waals surface area contributed by atoms with Gasteiger partial charge in [0.15, 0.2) is 0 Å². The van der Waals surface area contributed by atoms with Gasteiger partial charge in [-0.3, -0.25) is 14.9 Å². The molecule has 18 heavy (non-hydrogen) atoms. The van der Waals surface area contributed by atoms with E-state index in [2.05, 4.69) is 5.32 Å². The number of imide groups is 1. The maximum absolute atomic E-state index is 11.7. The third kappa shape index (κ3) is 3.55. The van der Waals surface area contributed by atoms with Crippen molar-refractivity contribution in [1.82, 2.24) is 5.32 Å². The Bertz CT molecular complexity index is 445. The number of rotatable bonds is 3. The first-order valence-corrected chi connectivity index (χ1v) is 6.33. The van der Waals surface area contributed by atoms with E-state index in [1.165, 1.54) is 6.08 Å². The molecule has 0 bridgehead atoms. The highest BCUT2D eigenvalue weighted by Crippen LogP contribution is 2.24. The van der Waals surface area contributed by atoms with Crippen LogP contribution in [-0.2, 0) is 9.59 Å². The van der Waals surface area contributed by atoms with Crippen molar-refractivity contribution in [2.75, 3.05) is 0 Å². The summed E-state index contributed by atoms with van der Waals surface area (Å²) in [6.07, 6.45) is 7.10. The van der Waals surface area contributed by atoms with Gasteiger partial charge in [0.1, 0.15) is 0 Å². The van der Waals surface area contributed by atoms with Gasteiger partial charge in [0.05, 0.1) is 0 Å². The molecule has 1 saturated carbocycles. The Labute approximate surface area is 107 Å². The molecule has 1 aromatic carbocycles. The van der Waals surface area contributed by atoms with Crippen LogP contribution < -0.4 is 5.32 Å². The largest absolute Gasteiger partial charge is 0.293 e. The van der Waals surface area contributed by atoms with Crippen molar-refractivity contribution < 1.29 is 9.59 Å². The monoisotopic (exact) mass is 243 g/mol. The van der Waals surface area contributed by atoms with Crippen LogP contribution in [0, 0.1) is 5.92 Å². The summed E-state index contributed by atoms with van der Waals surface area (Å²) < 4.78 is 0. The zero-order chi connectivity index (χ0) is 12.8. The SMILES string of the molecule is O=C(/C=C/c1ccccc1)NC(=O)C1CCCC1. The lowest BCUT2D eigenvalue weighted by Gasteiger charge is -2.06. The van der Waals surface area contributed by atoms with Crippen molar-refractivity contribution in [1.29, 1.82) is 0 Å². The first kappa shape index (κ1) is 12.6. The van der Waals surface area contributed by atoms with Crippen molar-refractivity contribution in [3.8, 4) is 0 Å².